The molecule has 8 heteroatoms. The maximum Gasteiger partial charge on any atom is 0.320 e. The van der Waals surface area contributed by atoms with Gasteiger partial charge in [0.05, 0.1) is 5.69 Å². The quantitative estimate of drug-likeness (QED) is 0.841. The monoisotopic (exact) mass is 343 g/mol. The summed E-state index contributed by atoms with van der Waals surface area (Å²) in [4.78, 5) is 12.2. The van der Waals surface area contributed by atoms with Gasteiger partial charge in [-0.3, -0.25) is 14.7 Å². The number of urea groups is 1. The molecule has 134 valence electrons. The Bertz CT molecular complexity index is 795. The van der Waals surface area contributed by atoms with Gasteiger partial charge in [0.15, 0.2) is 5.82 Å². The van der Waals surface area contributed by atoms with Gasteiger partial charge in [-0.25, -0.2) is 4.79 Å². The molecule has 8 nitrogen and oxygen atoms in total. The Morgan fingerprint density at radius 1 is 1.32 bits per heavy atom. The number of aryl methyl sites for hydroxylation is 2. The summed E-state index contributed by atoms with van der Waals surface area (Å²) < 4.78 is 3.52. The molecule has 0 aliphatic heterocycles. The normalized spacial score (nSPS) is 10.8. The van der Waals surface area contributed by atoms with Crippen molar-refractivity contribution in [1.29, 1.82) is 5.26 Å². The van der Waals surface area contributed by atoms with Gasteiger partial charge in [0.2, 0.25) is 0 Å². The van der Waals surface area contributed by atoms with Gasteiger partial charge in [-0.15, -0.1) is 0 Å². The maximum absolute atomic E-state index is 12.2. The summed E-state index contributed by atoms with van der Waals surface area (Å²) in [6, 6.07) is 1.77. The van der Waals surface area contributed by atoms with Crippen molar-refractivity contribution in [2.24, 2.45) is 7.05 Å². The number of nitriles is 1. The molecule has 0 saturated heterocycles. The van der Waals surface area contributed by atoms with E-state index in [0.29, 0.717) is 12.1 Å². The van der Waals surface area contributed by atoms with Crippen LogP contribution in [-0.4, -0.2) is 25.6 Å². The SMILES string of the molecule is CCc1nn(C)c(CC)c1CNC(=O)Nc1nn(C(C)C)cc1C#N. The van der Waals surface area contributed by atoms with E-state index < -0.39 is 6.03 Å². The molecule has 2 aromatic heterocycles. The fraction of sp³-hybridized carbons (Fsp3) is 0.529. The Morgan fingerprint density at radius 3 is 2.60 bits per heavy atom. The highest BCUT2D eigenvalue weighted by Gasteiger charge is 2.16. The summed E-state index contributed by atoms with van der Waals surface area (Å²) in [5, 5.41) is 23.4. The summed E-state index contributed by atoms with van der Waals surface area (Å²) in [6.45, 7) is 8.41. The van der Waals surface area contributed by atoms with Crippen LogP contribution in [0, 0.1) is 11.3 Å². The molecule has 0 bridgehead atoms. The van der Waals surface area contributed by atoms with Gasteiger partial charge in [0, 0.05) is 37.1 Å². The topological polar surface area (TPSA) is 101 Å². The average Bonchev–Trinajstić information content (AvgIpc) is 3.12. The summed E-state index contributed by atoms with van der Waals surface area (Å²) in [7, 11) is 1.92. The Morgan fingerprint density at radius 2 is 2.04 bits per heavy atom. The summed E-state index contributed by atoms with van der Waals surface area (Å²) in [5.74, 6) is 0.270. The Labute approximate surface area is 147 Å². The number of rotatable bonds is 6. The van der Waals surface area contributed by atoms with Crippen molar-refractivity contribution in [3.8, 4) is 6.07 Å². The fourth-order valence-electron chi connectivity index (χ4n) is 2.74. The number of nitrogens with one attached hydrogen (secondary N) is 2. The minimum Gasteiger partial charge on any atom is -0.334 e. The van der Waals surface area contributed by atoms with Crippen molar-refractivity contribution in [3.63, 3.8) is 0 Å². The van der Waals surface area contributed by atoms with Crippen LogP contribution in [0.1, 0.15) is 56.3 Å². The number of aromatic nitrogens is 4. The van der Waals surface area contributed by atoms with E-state index in [-0.39, 0.29) is 11.9 Å². The van der Waals surface area contributed by atoms with E-state index in [4.69, 9.17) is 0 Å². The molecule has 2 aromatic rings. The van der Waals surface area contributed by atoms with Crippen LogP contribution in [0.25, 0.3) is 0 Å². The lowest BCUT2D eigenvalue weighted by Crippen LogP contribution is -2.29. The van der Waals surface area contributed by atoms with Crippen LogP contribution in [-0.2, 0) is 26.4 Å². The standard InChI is InChI=1S/C17H25N7O/c1-6-14-13(15(7-2)23(5)21-14)9-19-17(25)20-16-12(8-18)10-24(22-16)11(3)4/h10-11H,6-7,9H2,1-5H3,(H2,19,20,22,25). The molecule has 0 unspecified atom stereocenters. The summed E-state index contributed by atoms with van der Waals surface area (Å²) in [5.41, 5.74) is 3.49. The molecule has 0 aliphatic rings. The van der Waals surface area contributed by atoms with Gasteiger partial charge in [0.1, 0.15) is 11.6 Å². The predicted molar refractivity (Wildman–Crippen MR) is 95.1 cm³/mol. The highest BCUT2D eigenvalue weighted by molar-refractivity contribution is 5.89. The predicted octanol–water partition coefficient (Wildman–Crippen LogP) is 2.52. The largest absolute Gasteiger partial charge is 0.334 e. The second-order valence-corrected chi connectivity index (χ2v) is 6.09. The van der Waals surface area contributed by atoms with Crippen molar-refractivity contribution in [1.82, 2.24) is 24.9 Å². The third kappa shape index (κ3) is 3.99. The van der Waals surface area contributed by atoms with Crippen LogP contribution in [0.15, 0.2) is 6.20 Å². The Hall–Kier alpha value is -2.82. The third-order valence-corrected chi connectivity index (χ3v) is 4.07. The van der Waals surface area contributed by atoms with Gasteiger partial charge >= 0.3 is 6.03 Å². The molecule has 2 amide bonds. The molecule has 2 rings (SSSR count). The van der Waals surface area contributed by atoms with Crippen LogP contribution in [0.4, 0.5) is 10.6 Å². The first-order valence-electron chi connectivity index (χ1n) is 8.48. The molecule has 0 spiro atoms. The van der Waals surface area contributed by atoms with Gasteiger partial charge in [-0.1, -0.05) is 13.8 Å². The number of carbonyl (C=O) groups excluding carboxylic acids is 1. The van der Waals surface area contributed by atoms with E-state index in [9.17, 15) is 10.1 Å². The van der Waals surface area contributed by atoms with E-state index in [1.807, 2.05) is 32.5 Å². The van der Waals surface area contributed by atoms with Crippen LogP contribution in [0.2, 0.25) is 0 Å². The molecule has 2 heterocycles. The zero-order valence-corrected chi connectivity index (χ0v) is 15.4. The maximum atomic E-state index is 12.2. The lowest BCUT2D eigenvalue weighted by Gasteiger charge is -2.08. The van der Waals surface area contributed by atoms with Crippen molar-refractivity contribution in [2.75, 3.05) is 5.32 Å². The smallest absolute Gasteiger partial charge is 0.320 e. The minimum atomic E-state index is -0.390. The third-order valence-electron chi connectivity index (χ3n) is 4.07. The molecule has 0 saturated carbocycles. The lowest BCUT2D eigenvalue weighted by molar-refractivity contribution is 0.251. The van der Waals surface area contributed by atoms with Crippen LogP contribution < -0.4 is 10.6 Å². The molecule has 0 atom stereocenters. The number of amides is 2. The fourth-order valence-corrected chi connectivity index (χ4v) is 2.74. The zero-order chi connectivity index (χ0) is 18.6. The van der Waals surface area contributed by atoms with Crippen LogP contribution in [0.3, 0.4) is 0 Å². The van der Waals surface area contributed by atoms with Gasteiger partial charge in [0.25, 0.3) is 0 Å². The van der Waals surface area contributed by atoms with Gasteiger partial charge in [-0.05, 0) is 26.7 Å². The van der Waals surface area contributed by atoms with E-state index >= 15 is 0 Å². The highest BCUT2D eigenvalue weighted by Crippen LogP contribution is 2.17. The molecule has 0 fully saturated rings. The van der Waals surface area contributed by atoms with E-state index in [2.05, 4.69) is 33.8 Å². The van der Waals surface area contributed by atoms with Gasteiger partial charge in [-0.2, -0.15) is 15.5 Å². The first-order valence-corrected chi connectivity index (χ1v) is 8.48. The number of hydrogen-bond donors (Lipinski definition) is 2. The van der Waals surface area contributed by atoms with E-state index in [0.717, 1.165) is 29.8 Å². The van der Waals surface area contributed by atoms with Crippen molar-refractivity contribution in [3.05, 3.63) is 28.7 Å². The molecule has 0 aromatic carbocycles. The number of nitrogens with zero attached hydrogens (tertiary/aromatic N) is 5. The molecular weight excluding hydrogens is 318 g/mol. The molecule has 0 radical (unpaired) electrons. The number of anilines is 1. The molecule has 25 heavy (non-hydrogen) atoms. The average molecular weight is 343 g/mol. The zero-order valence-electron chi connectivity index (χ0n) is 15.4. The van der Waals surface area contributed by atoms with Gasteiger partial charge < -0.3 is 5.32 Å². The minimum absolute atomic E-state index is 0.111. The highest BCUT2D eigenvalue weighted by atomic mass is 16.2. The Kier molecular flexibility index (Phi) is 5.80. The number of carbonyl (C=O) groups is 1. The Balaban J connectivity index is 2.09. The van der Waals surface area contributed by atoms with Crippen molar-refractivity contribution in [2.45, 2.75) is 53.1 Å². The van der Waals surface area contributed by atoms with Crippen molar-refractivity contribution < 1.29 is 4.79 Å². The van der Waals surface area contributed by atoms with Crippen molar-refractivity contribution >= 4 is 11.8 Å². The summed E-state index contributed by atoms with van der Waals surface area (Å²) in [6.07, 6.45) is 3.29. The van der Waals surface area contributed by atoms with Crippen LogP contribution in [0.5, 0.6) is 0 Å². The van der Waals surface area contributed by atoms with E-state index in [1.165, 1.54) is 0 Å². The van der Waals surface area contributed by atoms with E-state index in [1.54, 1.807) is 10.9 Å². The summed E-state index contributed by atoms with van der Waals surface area (Å²) >= 11 is 0. The molecule has 0 aliphatic carbocycles. The van der Waals surface area contributed by atoms with Crippen LogP contribution >= 0.6 is 0 Å². The first kappa shape index (κ1) is 18.5. The molecular formula is C17H25N7O. The first-order chi connectivity index (χ1) is 11.9. The lowest BCUT2D eigenvalue weighted by atomic mass is 10.1. The second kappa shape index (κ2) is 7.83. The number of hydrogen-bond acceptors (Lipinski definition) is 4. The second-order valence-electron chi connectivity index (χ2n) is 6.09. The molecule has 2 N–H and O–H groups in total.